The van der Waals surface area contributed by atoms with Crippen molar-refractivity contribution < 1.29 is 18.7 Å². The third-order valence-corrected chi connectivity index (χ3v) is 3.08. The molecule has 0 unspecified atom stereocenters. The number of anilines is 1. The van der Waals surface area contributed by atoms with Crippen molar-refractivity contribution in [1.82, 2.24) is 4.98 Å². The summed E-state index contributed by atoms with van der Waals surface area (Å²) in [5, 5.41) is 2.64. The monoisotopic (exact) mass is 310 g/mol. The zero-order valence-corrected chi connectivity index (χ0v) is 12.6. The number of oxazole rings is 1. The van der Waals surface area contributed by atoms with Crippen LogP contribution in [0.2, 0.25) is 0 Å². The maximum Gasteiger partial charge on any atom is 0.308 e. The van der Waals surface area contributed by atoms with Gasteiger partial charge in [0.2, 0.25) is 11.8 Å². The Bertz CT molecular complexity index is 865. The lowest BCUT2D eigenvalue weighted by Gasteiger charge is -2.09. The number of esters is 1. The summed E-state index contributed by atoms with van der Waals surface area (Å²) in [6, 6.07) is 12.3. The molecule has 1 heterocycles. The molecule has 116 valence electrons. The normalized spacial score (nSPS) is 10.5. The molecule has 0 fully saturated rings. The Kier molecular flexibility index (Phi) is 3.80. The van der Waals surface area contributed by atoms with Gasteiger partial charge in [-0.3, -0.25) is 9.59 Å². The second-order valence-electron chi connectivity index (χ2n) is 4.97. The Morgan fingerprint density at radius 2 is 1.91 bits per heavy atom. The van der Waals surface area contributed by atoms with Crippen LogP contribution in [0, 0.1) is 0 Å². The number of fused-ring (bicyclic) bond motifs is 1. The summed E-state index contributed by atoms with van der Waals surface area (Å²) in [6.45, 7) is 2.71. The van der Waals surface area contributed by atoms with Crippen LogP contribution in [0.1, 0.15) is 13.8 Å². The lowest BCUT2D eigenvalue weighted by atomic mass is 10.1. The summed E-state index contributed by atoms with van der Waals surface area (Å²) in [5.74, 6) is -0.0668. The Balaban J connectivity index is 2.09. The maximum absolute atomic E-state index is 11.3. The minimum absolute atomic E-state index is 0.214. The number of carbonyl (C=O) groups excluding carboxylic acids is 2. The van der Waals surface area contributed by atoms with E-state index in [9.17, 15) is 9.59 Å². The van der Waals surface area contributed by atoms with Gasteiger partial charge in [0, 0.05) is 25.6 Å². The van der Waals surface area contributed by atoms with Crippen molar-refractivity contribution in [1.29, 1.82) is 0 Å². The van der Waals surface area contributed by atoms with Crippen molar-refractivity contribution in [2.24, 2.45) is 0 Å². The minimum Gasteiger partial charge on any atom is -0.436 e. The number of nitrogens with one attached hydrogen (secondary N) is 1. The summed E-state index contributed by atoms with van der Waals surface area (Å²) >= 11 is 0. The SMILES string of the molecule is CC(=O)Nc1ccc(-c2nc3ccccc3o2)c(OC(C)=O)c1. The first-order chi connectivity index (χ1) is 11.0. The van der Waals surface area contributed by atoms with E-state index in [1.807, 2.05) is 24.3 Å². The molecule has 0 saturated carbocycles. The first kappa shape index (κ1) is 14.8. The van der Waals surface area contributed by atoms with Gasteiger partial charge in [0.25, 0.3) is 0 Å². The zero-order chi connectivity index (χ0) is 16.4. The average Bonchev–Trinajstić information content (AvgIpc) is 2.89. The van der Waals surface area contributed by atoms with Gasteiger partial charge in [-0.05, 0) is 24.3 Å². The van der Waals surface area contributed by atoms with E-state index in [4.69, 9.17) is 9.15 Å². The predicted molar refractivity (Wildman–Crippen MR) is 85.1 cm³/mol. The molecule has 6 nitrogen and oxygen atoms in total. The lowest BCUT2D eigenvalue weighted by Crippen LogP contribution is -2.07. The van der Waals surface area contributed by atoms with Gasteiger partial charge in [-0.1, -0.05) is 12.1 Å². The van der Waals surface area contributed by atoms with Crippen LogP contribution in [0.15, 0.2) is 46.9 Å². The Morgan fingerprint density at radius 1 is 1.13 bits per heavy atom. The summed E-state index contributed by atoms with van der Waals surface area (Å²) < 4.78 is 10.9. The van der Waals surface area contributed by atoms with Gasteiger partial charge < -0.3 is 14.5 Å². The molecule has 1 N–H and O–H groups in total. The number of carbonyl (C=O) groups is 2. The van der Waals surface area contributed by atoms with Crippen LogP contribution >= 0.6 is 0 Å². The van der Waals surface area contributed by atoms with Crippen LogP contribution in [0.3, 0.4) is 0 Å². The lowest BCUT2D eigenvalue weighted by molar-refractivity contribution is -0.131. The van der Waals surface area contributed by atoms with E-state index in [-0.39, 0.29) is 11.7 Å². The third kappa shape index (κ3) is 3.21. The van der Waals surface area contributed by atoms with Crippen LogP contribution < -0.4 is 10.1 Å². The molecule has 0 spiro atoms. The largest absolute Gasteiger partial charge is 0.436 e. The van der Waals surface area contributed by atoms with Crippen LogP contribution in [-0.4, -0.2) is 16.9 Å². The Morgan fingerprint density at radius 3 is 2.61 bits per heavy atom. The van der Waals surface area contributed by atoms with Gasteiger partial charge >= 0.3 is 5.97 Å². The second-order valence-corrected chi connectivity index (χ2v) is 4.97. The Labute approximate surface area is 132 Å². The van der Waals surface area contributed by atoms with Crippen molar-refractivity contribution in [2.45, 2.75) is 13.8 Å². The number of hydrogen-bond acceptors (Lipinski definition) is 5. The van der Waals surface area contributed by atoms with Gasteiger partial charge in [0.15, 0.2) is 5.58 Å². The molecule has 0 bridgehead atoms. The number of benzene rings is 2. The molecule has 2 aromatic carbocycles. The summed E-state index contributed by atoms with van der Waals surface area (Å²) in [5.41, 5.74) is 2.41. The van der Waals surface area contributed by atoms with Crippen LogP contribution in [-0.2, 0) is 9.59 Å². The van der Waals surface area contributed by atoms with E-state index in [0.29, 0.717) is 28.2 Å². The number of hydrogen-bond donors (Lipinski definition) is 1. The van der Waals surface area contributed by atoms with Crippen molar-refractivity contribution >= 4 is 28.7 Å². The van der Waals surface area contributed by atoms with E-state index in [2.05, 4.69) is 10.3 Å². The van der Waals surface area contributed by atoms with Crippen LogP contribution in [0.5, 0.6) is 5.75 Å². The van der Waals surface area contributed by atoms with Gasteiger partial charge in [0.05, 0.1) is 5.56 Å². The highest BCUT2D eigenvalue weighted by atomic mass is 16.5. The van der Waals surface area contributed by atoms with Gasteiger partial charge in [-0.25, -0.2) is 4.98 Å². The standard InChI is InChI=1S/C17H14N2O4/c1-10(20)18-12-7-8-13(16(9-12)22-11(2)21)17-19-14-5-3-4-6-15(14)23-17/h3-9H,1-2H3,(H,18,20). The number of rotatable bonds is 3. The first-order valence-corrected chi connectivity index (χ1v) is 6.99. The van der Waals surface area contributed by atoms with Crippen LogP contribution in [0.4, 0.5) is 5.69 Å². The highest BCUT2D eigenvalue weighted by molar-refractivity contribution is 5.90. The van der Waals surface area contributed by atoms with E-state index in [1.54, 1.807) is 18.2 Å². The summed E-state index contributed by atoms with van der Waals surface area (Å²) in [7, 11) is 0. The molecule has 0 aliphatic rings. The molecule has 0 radical (unpaired) electrons. The first-order valence-electron chi connectivity index (χ1n) is 6.99. The third-order valence-electron chi connectivity index (χ3n) is 3.08. The van der Waals surface area contributed by atoms with Gasteiger partial charge in [-0.2, -0.15) is 0 Å². The highest BCUT2D eigenvalue weighted by Gasteiger charge is 2.16. The van der Waals surface area contributed by atoms with Crippen molar-refractivity contribution in [3.05, 3.63) is 42.5 Å². The predicted octanol–water partition coefficient (Wildman–Crippen LogP) is 3.38. The molecule has 6 heteroatoms. The molecule has 1 aromatic heterocycles. The minimum atomic E-state index is -0.470. The van der Waals surface area contributed by atoms with Gasteiger partial charge in [0.1, 0.15) is 11.3 Å². The Hall–Kier alpha value is -3.15. The van der Waals surface area contributed by atoms with E-state index >= 15 is 0 Å². The molecule has 1 amide bonds. The molecule has 0 aliphatic heterocycles. The molecule has 3 aromatic rings. The fourth-order valence-electron chi connectivity index (χ4n) is 2.21. The molecule has 3 rings (SSSR count). The average molecular weight is 310 g/mol. The highest BCUT2D eigenvalue weighted by Crippen LogP contribution is 2.34. The van der Waals surface area contributed by atoms with Crippen molar-refractivity contribution in [2.75, 3.05) is 5.32 Å². The quantitative estimate of drug-likeness (QED) is 0.592. The van der Waals surface area contributed by atoms with Gasteiger partial charge in [-0.15, -0.1) is 0 Å². The fourth-order valence-corrected chi connectivity index (χ4v) is 2.21. The summed E-state index contributed by atoms with van der Waals surface area (Å²) in [6.07, 6.45) is 0. The van der Waals surface area contributed by atoms with E-state index < -0.39 is 5.97 Å². The fraction of sp³-hybridized carbons (Fsp3) is 0.118. The van der Waals surface area contributed by atoms with E-state index in [0.717, 1.165) is 0 Å². The van der Waals surface area contributed by atoms with Crippen molar-refractivity contribution in [3.8, 4) is 17.2 Å². The molecular formula is C17H14N2O4. The molecule has 0 saturated heterocycles. The second kappa shape index (κ2) is 5.92. The topological polar surface area (TPSA) is 81.4 Å². The van der Waals surface area contributed by atoms with Crippen molar-refractivity contribution in [3.63, 3.8) is 0 Å². The number of amides is 1. The molecular weight excluding hydrogens is 296 g/mol. The number of para-hydroxylation sites is 2. The zero-order valence-electron chi connectivity index (χ0n) is 12.6. The smallest absolute Gasteiger partial charge is 0.308 e. The molecule has 0 aliphatic carbocycles. The number of aromatic nitrogens is 1. The maximum atomic E-state index is 11.3. The number of nitrogens with zero attached hydrogens (tertiary/aromatic N) is 1. The molecule has 0 atom stereocenters. The molecule has 23 heavy (non-hydrogen) atoms. The summed E-state index contributed by atoms with van der Waals surface area (Å²) in [4.78, 5) is 26.9. The van der Waals surface area contributed by atoms with Crippen LogP contribution in [0.25, 0.3) is 22.6 Å². The van der Waals surface area contributed by atoms with E-state index in [1.165, 1.54) is 13.8 Å². The number of ether oxygens (including phenoxy) is 1.